The highest BCUT2D eigenvalue weighted by molar-refractivity contribution is 6.18. The maximum Gasteiger partial charge on any atom is 0.435 e. The Morgan fingerprint density at radius 2 is 1.80 bits per heavy atom. The largest absolute Gasteiger partial charge is 0.492 e. The second-order valence-electron chi connectivity index (χ2n) is 10.8. The van der Waals surface area contributed by atoms with Gasteiger partial charge in [-0.15, -0.1) is 0 Å². The maximum atomic E-state index is 14.0. The predicted octanol–water partition coefficient (Wildman–Crippen LogP) is 4.26. The van der Waals surface area contributed by atoms with Crippen LogP contribution >= 0.6 is 0 Å². The van der Waals surface area contributed by atoms with Crippen LogP contribution < -0.4 is 4.74 Å². The number of hydrogen-bond acceptors (Lipinski definition) is 7. The molecule has 40 heavy (non-hydrogen) atoms. The summed E-state index contributed by atoms with van der Waals surface area (Å²) in [5.74, 6) is -0.719. The Bertz CT molecular complexity index is 1260. The number of halogens is 3. The Kier molecular flexibility index (Phi) is 8.60. The average molecular weight is 565 g/mol. The number of morpholine rings is 1. The lowest BCUT2D eigenvalue weighted by atomic mass is 9.81. The predicted molar refractivity (Wildman–Crippen MR) is 141 cm³/mol. The molecule has 1 aromatic heterocycles. The second kappa shape index (κ2) is 11.6. The summed E-state index contributed by atoms with van der Waals surface area (Å²) in [6.45, 7) is 12.2. The van der Waals surface area contributed by atoms with Crippen molar-refractivity contribution in [1.82, 2.24) is 20.0 Å². The molecule has 9 nitrogen and oxygen atoms in total. The smallest absolute Gasteiger partial charge is 0.435 e. The molecule has 1 saturated heterocycles. The van der Waals surface area contributed by atoms with Gasteiger partial charge in [0.05, 0.1) is 25.0 Å². The summed E-state index contributed by atoms with van der Waals surface area (Å²) in [5, 5.41) is 5.95. The van der Waals surface area contributed by atoms with Crippen molar-refractivity contribution >= 4 is 17.4 Å². The van der Waals surface area contributed by atoms with E-state index in [1.165, 1.54) is 11.8 Å². The molecule has 1 fully saturated rings. The molecule has 3 heterocycles. The van der Waals surface area contributed by atoms with Crippen molar-refractivity contribution in [3.63, 3.8) is 0 Å². The van der Waals surface area contributed by atoms with E-state index in [1.807, 2.05) is 0 Å². The number of nitrogens with zero attached hydrogens (tertiary/aromatic N) is 3. The molecular weight excluding hydrogens is 529 g/mol. The third-order valence-corrected chi connectivity index (χ3v) is 6.95. The lowest BCUT2D eigenvalue weighted by Gasteiger charge is -2.32. The molecule has 2 aliphatic heterocycles. The SMILES string of the molecule is CC1=C(C(=O)OC(C)C)c2[nH]nc(C(F)(F)F)c2C(C)(C)CN1C(=O)c1ccc(OCCN2CCOCC2)cc1. The molecule has 0 bridgehead atoms. The van der Waals surface area contributed by atoms with Crippen molar-refractivity contribution < 1.29 is 37.0 Å². The molecule has 1 amide bonds. The van der Waals surface area contributed by atoms with Gasteiger partial charge in [-0.1, -0.05) is 13.8 Å². The van der Waals surface area contributed by atoms with Crippen LogP contribution in [0, 0.1) is 0 Å². The molecule has 0 saturated carbocycles. The van der Waals surface area contributed by atoms with Gasteiger partial charge in [-0.25, -0.2) is 4.79 Å². The monoisotopic (exact) mass is 564 g/mol. The number of ether oxygens (including phenoxy) is 3. The molecule has 218 valence electrons. The highest BCUT2D eigenvalue weighted by atomic mass is 19.4. The van der Waals surface area contributed by atoms with Gasteiger partial charge in [-0.2, -0.15) is 18.3 Å². The number of carbonyl (C=O) groups is 2. The molecule has 0 spiro atoms. The minimum absolute atomic E-state index is 0.0974. The lowest BCUT2D eigenvalue weighted by molar-refractivity contribution is -0.142. The molecular formula is C28H35F3N4O5. The summed E-state index contributed by atoms with van der Waals surface area (Å²) in [5.41, 5.74) is -2.31. The van der Waals surface area contributed by atoms with Gasteiger partial charge in [-0.05, 0) is 45.0 Å². The number of aromatic amines is 1. The molecule has 0 radical (unpaired) electrons. The summed E-state index contributed by atoms with van der Waals surface area (Å²) in [7, 11) is 0. The quantitative estimate of drug-likeness (QED) is 0.502. The van der Waals surface area contributed by atoms with E-state index in [-0.39, 0.29) is 29.1 Å². The number of hydrogen-bond donors (Lipinski definition) is 1. The van der Waals surface area contributed by atoms with E-state index in [0.29, 0.717) is 31.1 Å². The van der Waals surface area contributed by atoms with E-state index in [9.17, 15) is 22.8 Å². The summed E-state index contributed by atoms with van der Waals surface area (Å²) in [6.07, 6.45) is -5.29. The van der Waals surface area contributed by atoms with Gasteiger partial charge in [0.2, 0.25) is 0 Å². The van der Waals surface area contributed by atoms with Crippen LogP contribution in [0.5, 0.6) is 5.75 Å². The van der Waals surface area contributed by atoms with Crippen LogP contribution in [0.15, 0.2) is 30.0 Å². The topological polar surface area (TPSA) is 97.0 Å². The number of fused-ring (bicyclic) bond motifs is 1. The first-order valence-electron chi connectivity index (χ1n) is 13.2. The first-order chi connectivity index (χ1) is 18.8. The van der Waals surface area contributed by atoms with Gasteiger partial charge in [0.1, 0.15) is 17.9 Å². The Hall–Kier alpha value is -3.38. The molecule has 1 N–H and O–H groups in total. The number of benzene rings is 1. The van der Waals surface area contributed by atoms with Crippen LogP contribution in [0.3, 0.4) is 0 Å². The van der Waals surface area contributed by atoms with E-state index in [2.05, 4.69) is 15.1 Å². The summed E-state index contributed by atoms with van der Waals surface area (Å²) < 4.78 is 58.4. The van der Waals surface area contributed by atoms with Crippen LogP contribution in [-0.4, -0.2) is 84.0 Å². The van der Waals surface area contributed by atoms with Gasteiger partial charge >= 0.3 is 12.1 Å². The molecule has 12 heteroatoms. The number of amides is 1. The zero-order chi connectivity index (χ0) is 29.2. The van der Waals surface area contributed by atoms with Gasteiger partial charge in [-0.3, -0.25) is 14.8 Å². The van der Waals surface area contributed by atoms with Crippen LogP contribution in [0.4, 0.5) is 13.2 Å². The zero-order valence-electron chi connectivity index (χ0n) is 23.4. The van der Waals surface area contributed by atoms with Crippen molar-refractivity contribution in [2.24, 2.45) is 0 Å². The van der Waals surface area contributed by atoms with Gasteiger partial charge in [0.25, 0.3) is 5.91 Å². The number of allylic oxidation sites excluding steroid dienone is 1. The lowest BCUT2D eigenvalue weighted by Crippen LogP contribution is -2.39. The molecule has 4 rings (SSSR count). The van der Waals surface area contributed by atoms with Crippen molar-refractivity contribution in [3.8, 4) is 5.75 Å². The molecule has 0 atom stereocenters. The van der Waals surface area contributed by atoms with E-state index < -0.39 is 35.3 Å². The Balaban J connectivity index is 1.62. The fourth-order valence-electron chi connectivity index (χ4n) is 5.01. The van der Waals surface area contributed by atoms with Crippen LogP contribution in [0.25, 0.3) is 5.57 Å². The summed E-state index contributed by atoms with van der Waals surface area (Å²) in [6, 6.07) is 6.56. The number of rotatable bonds is 7. The Labute approximate surface area is 231 Å². The second-order valence-corrected chi connectivity index (χ2v) is 10.8. The number of aromatic nitrogens is 2. The normalized spacial score (nSPS) is 18.0. The summed E-state index contributed by atoms with van der Waals surface area (Å²) >= 11 is 0. The van der Waals surface area contributed by atoms with Crippen molar-refractivity contribution in [2.75, 3.05) is 46.0 Å². The number of H-pyrrole nitrogens is 1. The van der Waals surface area contributed by atoms with Crippen molar-refractivity contribution in [1.29, 1.82) is 0 Å². The van der Waals surface area contributed by atoms with E-state index in [0.717, 1.165) is 19.6 Å². The highest BCUT2D eigenvalue weighted by Crippen LogP contribution is 2.44. The van der Waals surface area contributed by atoms with E-state index in [4.69, 9.17) is 14.2 Å². The Morgan fingerprint density at radius 3 is 2.40 bits per heavy atom. The van der Waals surface area contributed by atoms with Crippen LogP contribution in [-0.2, 0) is 25.9 Å². The number of nitrogens with one attached hydrogen (secondary N) is 1. The third kappa shape index (κ3) is 6.33. The van der Waals surface area contributed by atoms with Crippen LogP contribution in [0.2, 0.25) is 0 Å². The maximum absolute atomic E-state index is 14.0. The van der Waals surface area contributed by atoms with Gasteiger partial charge in [0.15, 0.2) is 5.69 Å². The first-order valence-corrected chi connectivity index (χ1v) is 13.2. The zero-order valence-corrected chi connectivity index (χ0v) is 23.4. The van der Waals surface area contributed by atoms with Gasteiger partial charge in [0, 0.05) is 48.4 Å². The van der Waals surface area contributed by atoms with Gasteiger partial charge < -0.3 is 19.1 Å². The Morgan fingerprint density at radius 1 is 1.15 bits per heavy atom. The van der Waals surface area contributed by atoms with E-state index >= 15 is 0 Å². The van der Waals surface area contributed by atoms with Crippen molar-refractivity contribution in [3.05, 3.63) is 52.5 Å². The number of carbonyl (C=O) groups excluding carboxylic acids is 2. The molecule has 1 aromatic carbocycles. The van der Waals surface area contributed by atoms with Crippen molar-refractivity contribution in [2.45, 2.75) is 52.3 Å². The number of alkyl halides is 3. The van der Waals surface area contributed by atoms with Crippen LogP contribution in [0.1, 0.15) is 61.9 Å². The molecule has 0 unspecified atom stereocenters. The standard InChI is InChI=1S/C28H35F3N4O5/c1-17(2)40-26(37)21-18(3)35(16-27(4,5)22-23(21)32-33-24(22)28(29,30)31)25(36)19-6-8-20(9-7-19)39-15-12-34-10-13-38-14-11-34/h6-9,17H,10-16H2,1-5H3,(H,32,33). The first kappa shape index (κ1) is 29.6. The third-order valence-electron chi connectivity index (χ3n) is 6.95. The molecule has 2 aliphatic rings. The van der Waals surface area contributed by atoms with E-state index in [1.54, 1.807) is 52.0 Å². The number of esters is 1. The summed E-state index contributed by atoms with van der Waals surface area (Å²) in [4.78, 5) is 30.5. The fraction of sp³-hybridized carbons (Fsp3) is 0.536. The minimum Gasteiger partial charge on any atom is -0.492 e. The average Bonchev–Trinajstić information content (AvgIpc) is 3.31. The minimum atomic E-state index is -4.76. The molecule has 0 aliphatic carbocycles. The fourth-order valence-corrected chi connectivity index (χ4v) is 5.01. The molecule has 2 aromatic rings. The highest BCUT2D eigenvalue weighted by Gasteiger charge is 2.47.